The van der Waals surface area contributed by atoms with E-state index in [1.807, 2.05) is 19.0 Å². The average Bonchev–Trinajstić information content (AvgIpc) is 3.21. The van der Waals surface area contributed by atoms with Crippen LogP contribution >= 0.6 is 0 Å². The van der Waals surface area contributed by atoms with Gasteiger partial charge in [0.05, 0.1) is 17.9 Å². The second-order valence-electron chi connectivity index (χ2n) is 9.03. The monoisotopic (exact) mass is 500 g/mol. The van der Waals surface area contributed by atoms with Crippen LogP contribution in [0.3, 0.4) is 0 Å². The van der Waals surface area contributed by atoms with Crippen LogP contribution in [0.2, 0.25) is 0 Å². The van der Waals surface area contributed by atoms with Gasteiger partial charge in [-0.3, -0.25) is 14.6 Å². The second kappa shape index (κ2) is 9.87. The van der Waals surface area contributed by atoms with E-state index in [0.29, 0.717) is 39.7 Å². The van der Waals surface area contributed by atoms with E-state index in [-0.39, 0.29) is 18.4 Å². The second-order valence-corrected chi connectivity index (χ2v) is 9.03. The van der Waals surface area contributed by atoms with Crippen molar-refractivity contribution in [3.63, 3.8) is 0 Å². The maximum absolute atomic E-state index is 13.9. The van der Waals surface area contributed by atoms with E-state index in [2.05, 4.69) is 5.32 Å². The Kier molecular flexibility index (Phi) is 6.45. The Bertz CT molecular complexity index is 1430. The molecule has 0 aliphatic carbocycles. The SMILES string of the molecule is CN(C)CC(=O)N(C)c1ccc(N=C(c2ccc3c(c2)OC=CO3)C2C(=O)Nc3cc(F)ccc32)cc1. The van der Waals surface area contributed by atoms with Crippen LogP contribution in [0.4, 0.5) is 21.5 Å². The smallest absolute Gasteiger partial charge is 0.240 e. The molecule has 9 heteroatoms. The largest absolute Gasteiger partial charge is 0.458 e. The van der Waals surface area contributed by atoms with Crippen molar-refractivity contribution in [2.24, 2.45) is 4.99 Å². The number of fused-ring (bicyclic) bond motifs is 2. The highest BCUT2D eigenvalue weighted by Gasteiger charge is 2.36. The molecule has 0 saturated carbocycles. The van der Waals surface area contributed by atoms with Gasteiger partial charge in [0, 0.05) is 24.0 Å². The van der Waals surface area contributed by atoms with Crippen molar-refractivity contribution in [2.75, 3.05) is 37.9 Å². The predicted octanol–water partition coefficient (Wildman–Crippen LogP) is 4.45. The molecule has 1 N–H and O–H groups in total. The van der Waals surface area contributed by atoms with Crippen LogP contribution in [-0.2, 0) is 9.59 Å². The highest BCUT2D eigenvalue weighted by Crippen LogP contribution is 2.39. The van der Waals surface area contributed by atoms with Gasteiger partial charge in [-0.05, 0) is 74.3 Å². The molecule has 3 aromatic carbocycles. The van der Waals surface area contributed by atoms with Crippen molar-refractivity contribution < 1.29 is 23.5 Å². The number of benzene rings is 3. The molecule has 0 saturated heterocycles. The number of ether oxygens (including phenoxy) is 2. The standard InChI is InChI=1S/C28H25FN4O4/c1-32(2)16-25(34)33(3)20-8-6-19(7-9-20)30-27(17-4-11-23-24(14-17)37-13-12-36-23)26-21-10-5-18(29)15-22(21)31-28(26)35/h4-15,26H,16H2,1-3H3,(H,31,35). The van der Waals surface area contributed by atoms with Gasteiger partial charge in [0.2, 0.25) is 11.8 Å². The molecule has 8 nitrogen and oxygen atoms in total. The quantitative estimate of drug-likeness (QED) is 0.506. The van der Waals surface area contributed by atoms with Crippen molar-refractivity contribution >= 4 is 34.6 Å². The molecular formula is C28H25FN4O4. The van der Waals surface area contributed by atoms with E-state index in [9.17, 15) is 14.0 Å². The summed E-state index contributed by atoms with van der Waals surface area (Å²) in [5, 5.41) is 2.76. The number of rotatable bonds is 6. The van der Waals surface area contributed by atoms with Gasteiger partial charge in [0.15, 0.2) is 11.5 Å². The van der Waals surface area contributed by atoms with E-state index < -0.39 is 11.7 Å². The maximum atomic E-state index is 13.9. The molecule has 5 rings (SSSR count). The molecule has 0 spiro atoms. The molecule has 1 atom stereocenters. The molecule has 0 fully saturated rings. The van der Waals surface area contributed by atoms with Gasteiger partial charge < -0.3 is 24.6 Å². The van der Waals surface area contributed by atoms with E-state index in [4.69, 9.17) is 14.5 Å². The number of likely N-dealkylation sites (N-methyl/N-ethyl adjacent to an activating group) is 2. The lowest BCUT2D eigenvalue weighted by Gasteiger charge is -2.20. The van der Waals surface area contributed by atoms with Gasteiger partial charge in [-0.15, -0.1) is 0 Å². The number of hydrogen-bond acceptors (Lipinski definition) is 6. The first-order chi connectivity index (χ1) is 17.8. The van der Waals surface area contributed by atoms with Gasteiger partial charge in [0.1, 0.15) is 24.3 Å². The predicted molar refractivity (Wildman–Crippen MR) is 139 cm³/mol. The van der Waals surface area contributed by atoms with Crippen molar-refractivity contribution in [3.8, 4) is 11.5 Å². The normalized spacial score (nSPS) is 16.0. The lowest BCUT2D eigenvalue weighted by atomic mass is 9.90. The number of amides is 2. The fraction of sp³-hybridized carbons (Fsp3) is 0.179. The summed E-state index contributed by atoms with van der Waals surface area (Å²) < 4.78 is 24.9. The minimum Gasteiger partial charge on any atom is -0.458 e. The third-order valence-electron chi connectivity index (χ3n) is 6.12. The Balaban J connectivity index is 1.55. The van der Waals surface area contributed by atoms with Gasteiger partial charge in [-0.1, -0.05) is 6.07 Å². The minimum absolute atomic E-state index is 0.0428. The number of nitrogens with zero attached hydrogens (tertiary/aromatic N) is 3. The summed E-state index contributed by atoms with van der Waals surface area (Å²) in [6, 6.07) is 16.7. The van der Waals surface area contributed by atoms with Crippen LogP contribution in [0.5, 0.6) is 11.5 Å². The first-order valence-corrected chi connectivity index (χ1v) is 11.6. The van der Waals surface area contributed by atoms with Crippen molar-refractivity contribution in [1.82, 2.24) is 4.90 Å². The Morgan fingerprint density at radius 3 is 2.43 bits per heavy atom. The molecule has 0 aromatic heterocycles. The molecule has 2 heterocycles. The molecule has 0 radical (unpaired) electrons. The molecule has 37 heavy (non-hydrogen) atoms. The van der Waals surface area contributed by atoms with Gasteiger partial charge in [-0.2, -0.15) is 0 Å². The number of anilines is 2. The first-order valence-electron chi connectivity index (χ1n) is 11.6. The summed E-state index contributed by atoms with van der Waals surface area (Å²) in [7, 11) is 5.40. The molecule has 188 valence electrons. The third kappa shape index (κ3) is 4.94. The summed E-state index contributed by atoms with van der Waals surface area (Å²) in [6.07, 6.45) is 2.87. The topological polar surface area (TPSA) is 83.5 Å². The average molecular weight is 501 g/mol. The van der Waals surface area contributed by atoms with Crippen molar-refractivity contribution in [3.05, 3.63) is 90.1 Å². The minimum atomic E-state index is -0.766. The fourth-order valence-corrected chi connectivity index (χ4v) is 4.27. The number of halogens is 1. The molecule has 2 aliphatic rings. The highest BCUT2D eigenvalue weighted by atomic mass is 19.1. The number of carbonyl (C=O) groups excluding carboxylic acids is 2. The molecule has 1 unspecified atom stereocenters. The number of nitrogens with one attached hydrogen (secondary N) is 1. The van der Waals surface area contributed by atoms with E-state index in [1.165, 1.54) is 24.7 Å². The molecule has 3 aromatic rings. The van der Waals surface area contributed by atoms with Gasteiger partial charge in [0.25, 0.3) is 0 Å². The van der Waals surface area contributed by atoms with Gasteiger partial charge in [-0.25, -0.2) is 4.39 Å². The Labute approximate surface area is 213 Å². The number of carbonyl (C=O) groups is 2. The van der Waals surface area contributed by atoms with Crippen LogP contribution in [0.1, 0.15) is 17.0 Å². The van der Waals surface area contributed by atoms with Crippen molar-refractivity contribution in [1.29, 1.82) is 0 Å². The van der Waals surface area contributed by atoms with Crippen LogP contribution in [-0.4, -0.2) is 50.1 Å². The summed E-state index contributed by atoms with van der Waals surface area (Å²) in [5.74, 6) is -0.524. The summed E-state index contributed by atoms with van der Waals surface area (Å²) in [5.41, 5.74) is 3.47. The Hall–Kier alpha value is -4.50. The molecular weight excluding hydrogens is 475 g/mol. The number of hydrogen-bond donors (Lipinski definition) is 1. The van der Waals surface area contributed by atoms with Crippen LogP contribution < -0.4 is 19.7 Å². The third-order valence-corrected chi connectivity index (χ3v) is 6.12. The zero-order chi connectivity index (χ0) is 26.1. The Morgan fingerprint density at radius 2 is 1.70 bits per heavy atom. The summed E-state index contributed by atoms with van der Waals surface area (Å²) >= 11 is 0. The molecule has 0 bridgehead atoms. The van der Waals surface area contributed by atoms with Crippen LogP contribution in [0, 0.1) is 5.82 Å². The van der Waals surface area contributed by atoms with E-state index >= 15 is 0 Å². The summed E-state index contributed by atoms with van der Waals surface area (Å²) in [4.78, 5) is 33.8. The lowest BCUT2D eigenvalue weighted by Crippen LogP contribution is -2.34. The Morgan fingerprint density at radius 1 is 0.973 bits per heavy atom. The lowest BCUT2D eigenvalue weighted by molar-refractivity contribution is -0.119. The van der Waals surface area contributed by atoms with Gasteiger partial charge >= 0.3 is 0 Å². The zero-order valence-corrected chi connectivity index (χ0v) is 20.6. The van der Waals surface area contributed by atoms with Crippen LogP contribution in [0.25, 0.3) is 0 Å². The fourth-order valence-electron chi connectivity index (χ4n) is 4.27. The molecule has 2 aliphatic heterocycles. The maximum Gasteiger partial charge on any atom is 0.240 e. The van der Waals surface area contributed by atoms with E-state index in [1.54, 1.807) is 60.5 Å². The van der Waals surface area contributed by atoms with E-state index in [0.717, 1.165) is 5.69 Å². The first kappa shape index (κ1) is 24.2. The van der Waals surface area contributed by atoms with Crippen LogP contribution in [0.15, 0.2) is 78.2 Å². The molecule has 2 amide bonds. The zero-order valence-electron chi connectivity index (χ0n) is 20.6. The van der Waals surface area contributed by atoms with Crippen molar-refractivity contribution in [2.45, 2.75) is 5.92 Å². The summed E-state index contributed by atoms with van der Waals surface area (Å²) in [6.45, 7) is 0.288. The number of aliphatic imine (C=N–C) groups is 1. The highest BCUT2D eigenvalue weighted by molar-refractivity contribution is 6.24.